The van der Waals surface area contributed by atoms with E-state index >= 15 is 0 Å². The standard InChI is InChI=1S/C15H17BrN2O/c1-2-9-17-10-12-7-8-15(18-11-12)19-14-6-4-3-5-13(14)16/h3-8,11,17H,2,9-10H2,1H3. The Kier molecular flexibility index (Phi) is 5.36. The Hall–Kier alpha value is -1.39. The smallest absolute Gasteiger partial charge is 0.219 e. The summed E-state index contributed by atoms with van der Waals surface area (Å²) in [6.07, 6.45) is 2.98. The summed E-state index contributed by atoms with van der Waals surface area (Å²) in [5.41, 5.74) is 1.16. The van der Waals surface area contributed by atoms with Crippen molar-refractivity contribution in [2.75, 3.05) is 6.54 Å². The van der Waals surface area contributed by atoms with Gasteiger partial charge in [0.05, 0.1) is 4.47 Å². The maximum Gasteiger partial charge on any atom is 0.219 e. The summed E-state index contributed by atoms with van der Waals surface area (Å²) < 4.78 is 6.63. The summed E-state index contributed by atoms with van der Waals surface area (Å²) in [5.74, 6) is 1.37. The van der Waals surface area contributed by atoms with Crippen LogP contribution in [-0.2, 0) is 6.54 Å². The molecule has 0 radical (unpaired) electrons. The Bertz CT molecular complexity index is 514. The van der Waals surface area contributed by atoms with Gasteiger partial charge in [0.1, 0.15) is 5.75 Å². The molecule has 0 aliphatic heterocycles. The first-order valence-electron chi connectivity index (χ1n) is 6.37. The van der Waals surface area contributed by atoms with Gasteiger partial charge in [0.15, 0.2) is 0 Å². The van der Waals surface area contributed by atoms with Crippen LogP contribution in [0.15, 0.2) is 47.1 Å². The molecule has 1 N–H and O–H groups in total. The van der Waals surface area contributed by atoms with Crippen LogP contribution in [0.25, 0.3) is 0 Å². The van der Waals surface area contributed by atoms with Gasteiger partial charge in [-0.1, -0.05) is 25.1 Å². The number of halogens is 1. The molecule has 0 amide bonds. The summed E-state index contributed by atoms with van der Waals surface area (Å²) in [4.78, 5) is 4.31. The molecule has 0 aliphatic carbocycles. The number of ether oxygens (including phenoxy) is 1. The second-order valence-electron chi connectivity index (χ2n) is 4.21. The van der Waals surface area contributed by atoms with Crippen LogP contribution in [0, 0.1) is 0 Å². The van der Waals surface area contributed by atoms with Crippen molar-refractivity contribution in [1.82, 2.24) is 10.3 Å². The van der Waals surface area contributed by atoms with Crippen LogP contribution in [0.3, 0.4) is 0 Å². The second kappa shape index (κ2) is 7.26. The van der Waals surface area contributed by atoms with Crippen molar-refractivity contribution in [3.05, 3.63) is 52.6 Å². The van der Waals surface area contributed by atoms with Crippen molar-refractivity contribution in [2.45, 2.75) is 19.9 Å². The number of hydrogen-bond acceptors (Lipinski definition) is 3. The van der Waals surface area contributed by atoms with Crippen LogP contribution in [0.2, 0.25) is 0 Å². The lowest BCUT2D eigenvalue weighted by atomic mass is 10.3. The number of para-hydroxylation sites is 1. The Labute approximate surface area is 122 Å². The molecule has 19 heavy (non-hydrogen) atoms. The molecular formula is C15H17BrN2O. The van der Waals surface area contributed by atoms with Gasteiger partial charge in [-0.3, -0.25) is 0 Å². The van der Waals surface area contributed by atoms with Gasteiger partial charge in [0, 0.05) is 18.8 Å². The molecule has 0 unspecified atom stereocenters. The zero-order valence-electron chi connectivity index (χ0n) is 10.9. The molecule has 4 heteroatoms. The molecule has 2 rings (SSSR count). The second-order valence-corrected chi connectivity index (χ2v) is 5.07. The normalized spacial score (nSPS) is 10.4. The summed E-state index contributed by atoms with van der Waals surface area (Å²) in [5, 5.41) is 3.34. The highest BCUT2D eigenvalue weighted by atomic mass is 79.9. The zero-order chi connectivity index (χ0) is 13.5. The van der Waals surface area contributed by atoms with Crippen molar-refractivity contribution >= 4 is 15.9 Å². The lowest BCUT2D eigenvalue weighted by Crippen LogP contribution is -2.13. The largest absolute Gasteiger partial charge is 0.438 e. The highest BCUT2D eigenvalue weighted by molar-refractivity contribution is 9.10. The highest BCUT2D eigenvalue weighted by Crippen LogP contribution is 2.27. The third-order valence-electron chi connectivity index (χ3n) is 2.60. The van der Waals surface area contributed by atoms with E-state index in [9.17, 15) is 0 Å². The molecule has 0 saturated heterocycles. The molecule has 1 aromatic heterocycles. The Balaban J connectivity index is 1.97. The first-order valence-corrected chi connectivity index (χ1v) is 7.17. The molecule has 1 heterocycles. The molecular weight excluding hydrogens is 304 g/mol. The van der Waals surface area contributed by atoms with Gasteiger partial charge in [-0.15, -0.1) is 0 Å². The molecule has 0 fully saturated rings. The fraction of sp³-hybridized carbons (Fsp3) is 0.267. The van der Waals surface area contributed by atoms with Crippen LogP contribution >= 0.6 is 15.9 Å². The maximum atomic E-state index is 5.71. The molecule has 3 nitrogen and oxygen atoms in total. The van der Waals surface area contributed by atoms with Gasteiger partial charge in [-0.2, -0.15) is 0 Å². The van der Waals surface area contributed by atoms with Crippen LogP contribution in [0.5, 0.6) is 11.6 Å². The number of rotatable bonds is 6. The van der Waals surface area contributed by atoms with Crippen molar-refractivity contribution in [1.29, 1.82) is 0 Å². The van der Waals surface area contributed by atoms with E-state index in [2.05, 4.69) is 33.2 Å². The first-order chi connectivity index (χ1) is 9.29. The van der Waals surface area contributed by atoms with Crippen molar-refractivity contribution in [3.63, 3.8) is 0 Å². The summed E-state index contributed by atoms with van der Waals surface area (Å²) in [7, 11) is 0. The van der Waals surface area contributed by atoms with E-state index in [0.29, 0.717) is 5.88 Å². The van der Waals surface area contributed by atoms with Crippen molar-refractivity contribution in [3.8, 4) is 11.6 Å². The minimum atomic E-state index is 0.603. The number of pyridine rings is 1. The third-order valence-corrected chi connectivity index (χ3v) is 3.26. The molecule has 100 valence electrons. The lowest BCUT2D eigenvalue weighted by molar-refractivity contribution is 0.459. The fourth-order valence-corrected chi connectivity index (χ4v) is 1.99. The van der Waals surface area contributed by atoms with E-state index in [4.69, 9.17) is 4.74 Å². The van der Waals surface area contributed by atoms with Gasteiger partial charge in [-0.25, -0.2) is 4.98 Å². The van der Waals surface area contributed by atoms with Gasteiger partial charge >= 0.3 is 0 Å². The van der Waals surface area contributed by atoms with E-state index in [1.54, 1.807) is 0 Å². The molecule has 0 bridgehead atoms. The number of nitrogens with zero attached hydrogens (tertiary/aromatic N) is 1. The van der Waals surface area contributed by atoms with Crippen LogP contribution in [0.1, 0.15) is 18.9 Å². The van der Waals surface area contributed by atoms with Gasteiger partial charge < -0.3 is 10.1 Å². The van der Waals surface area contributed by atoms with Crippen molar-refractivity contribution in [2.24, 2.45) is 0 Å². The average molecular weight is 321 g/mol. The highest BCUT2D eigenvalue weighted by Gasteiger charge is 2.02. The van der Waals surface area contributed by atoms with Gasteiger partial charge in [0.25, 0.3) is 0 Å². The minimum Gasteiger partial charge on any atom is -0.438 e. The summed E-state index contributed by atoms with van der Waals surface area (Å²) in [6.45, 7) is 4.02. The van der Waals surface area contributed by atoms with E-state index in [1.807, 2.05) is 42.6 Å². The van der Waals surface area contributed by atoms with Crippen molar-refractivity contribution < 1.29 is 4.74 Å². The molecule has 0 atom stereocenters. The molecule has 0 aliphatic rings. The molecule has 0 spiro atoms. The van der Waals surface area contributed by atoms with Gasteiger partial charge in [0.2, 0.25) is 5.88 Å². The summed E-state index contributed by atoms with van der Waals surface area (Å²) in [6, 6.07) is 11.7. The first kappa shape index (κ1) is 14.0. The number of aromatic nitrogens is 1. The van der Waals surface area contributed by atoms with Crippen LogP contribution < -0.4 is 10.1 Å². The fourth-order valence-electron chi connectivity index (χ4n) is 1.63. The van der Waals surface area contributed by atoms with E-state index in [0.717, 1.165) is 35.3 Å². The molecule has 0 saturated carbocycles. The van der Waals surface area contributed by atoms with Crippen LogP contribution in [-0.4, -0.2) is 11.5 Å². The van der Waals surface area contributed by atoms with E-state index < -0.39 is 0 Å². The van der Waals surface area contributed by atoms with E-state index in [1.165, 1.54) is 0 Å². The Morgan fingerprint density at radius 3 is 2.74 bits per heavy atom. The average Bonchev–Trinajstić information content (AvgIpc) is 2.44. The number of nitrogens with one attached hydrogen (secondary N) is 1. The topological polar surface area (TPSA) is 34.1 Å². The molecule has 1 aromatic carbocycles. The minimum absolute atomic E-state index is 0.603. The Morgan fingerprint density at radius 2 is 2.05 bits per heavy atom. The lowest BCUT2D eigenvalue weighted by Gasteiger charge is -2.07. The van der Waals surface area contributed by atoms with Crippen LogP contribution in [0.4, 0.5) is 0 Å². The predicted molar refractivity (Wildman–Crippen MR) is 80.5 cm³/mol. The third kappa shape index (κ3) is 4.33. The maximum absolute atomic E-state index is 5.71. The SMILES string of the molecule is CCCNCc1ccc(Oc2ccccc2Br)nc1. The monoisotopic (exact) mass is 320 g/mol. The number of benzene rings is 1. The summed E-state index contributed by atoms with van der Waals surface area (Å²) >= 11 is 3.45. The zero-order valence-corrected chi connectivity index (χ0v) is 12.5. The molecule has 2 aromatic rings. The number of hydrogen-bond donors (Lipinski definition) is 1. The predicted octanol–water partition coefficient (Wildman–Crippen LogP) is 4.14. The van der Waals surface area contributed by atoms with Gasteiger partial charge in [-0.05, 0) is 46.6 Å². The van der Waals surface area contributed by atoms with E-state index in [-0.39, 0.29) is 0 Å². The Morgan fingerprint density at radius 1 is 1.21 bits per heavy atom. The quantitative estimate of drug-likeness (QED) is 0.812.